The molecule has 0 amide bonds. The van der Waals surface area contributed by atoms with Crippen molar-refractivity contribution in [3.8, 4) is 11.6 Å². The first kappa shape index (κ1) is 12.8. The summed E-state index contributed by atoms with van der Waals surface area (Å²) >= 11 is 0. The fourth-order valence-corrected chi connectivity index (χ4v) is 2.57. The van der Waals surface area contributed by atoms with Crippen LogP contribution < -0.4 is 4.74 Å². The molecule has 3 heterocycles. The summed E-state index contributed by atoms with van der Waals surface area (Å²) in [7, 11) is 0. The molecule has 3 aromatic heterocycles. The number of aromatic nitrogens is 3. The lowest BCUT2D eigenvalue weighted by atomic mass is 10.1. The van der Waals surface area contributed by atoms with E-state index >= 15 is 0 Å². The molecule has 4 rings (SSSR count). The predicted molar refractivity (Wildman–Crippen MR) is 83.0 cm³/mol. The van der Waals surface area contributed by atoms with Crippen LogP contribution in [0, 0.1) is 0 Å². The highest BCUT2D eigenvalue weighted by molar-refractivity contribution is 5.86. The van der Waals surface area contributed by atoms with Crippen molar-refractivity contribution in [1.82, 2.24) is 14.5 Å². The van der Waals surface area contributed by atoms with Crippen molar-refractivity contribution in [2.75, 3.05) is 6.86 Å². The normalized spacial score (nSPS) is 11.1. The van der Waals surface area contributed by atoms with Crippen molar-refractivity contribution in [3.63, 3.8) is 0 Å². The summed E-state index contributed by atoms with van der Waals surface area (Å²) in [6, 6.07) is 11.4. The van der Waals surface area contributed by atoms with E-state index in [0.717, 1.165) is 27.5 Å². The first-order valence-electron chi connectivity index (χ1n) is 6.85. The summed E-state index contributed by atoms with van der Waals surface area (Å²) in [5, 5.41) is 3.04. The minimum atomic E-state index is -0.834. The largest absolute Gasteiger partial charge is 0.463 e. The van der Waals surface area contributed by atoms with Crippen molar-refractivity contribution >= 4 is 21.7 Å². The van der Waals surface area contributed by atoms with Crippen molar-refractivity contribution in [2.45, 2.75) is 0 Å². The van der Waals surface area contributed by atoms with E-state index in [4.69, 9.17) is 4.74 Å². The van der Waals surface area contributed by atoms with Gasteiger partial charge < -0.3 is 4.74 Å². The molecule has 5 heteroatoms. The molecule has 0 saturated heterocycles. The highest BCUT2D eigenvalue weighted by atomic mass is 19.1. The van der Waals surface area contributed by atoms with Crippen LogP contribution in [0.15, 0.2) is 61.2 Å². The molecule has 22 heavy (non-hydrogen) atoms. The Labute approximate surface area is 125 Å². The lowest BCUT2D eigenvalue weighted by molar-refractivity contribution is 0.192. The maximum absolute atomic E-state index is 12.2. The second-order valence-electron chi connectivity index (χ2n) is 4.93. The van der Waals surface area contributed by atoms with Gasteiger partial charge in [0.2, 0.25) is 6.86 Å². The highest BCUT2D eigenvalue weighted by Crippen LogP contribution is 2.24. The zero-order valence-electron chi connectivity index (χ0n) is 11.6. The van der Waals surface area contributed by atoms with Gasteiger partial charge in [-0.2, -0.15) is 0 Å². The van der Waals surface area contributed by atoms with Gasteiger partial charge >= 0.3 is 0 Å². The number of nitrogens with zero attached hydrogens (tertiary/aromatic N) is 3. The number of rotatable bonds is 3. The van der Waals surface area contributed by atoms with Crippen molar-refractivity contribution in [1.29, 1.82) is 0 Å². The summed E-state index contributed by atoms with van der Waals surface area (Å²) in [5.74, 6) is 1.31. The van der Waals surface area contributed by atoms with Gasteiger partial charge in [0.25, 0.3) is 0 Å². The Morgan fingerprint density at radius 1 is 1.00 bits per heavy atom. The van der Waals surface area contributed by atoms with Gasteiger partial charge in [-0.25, -0.2) is 9.37 Å². The Bertz CT molecular complexity index is 964. The van der Waals surface area contributed by atoms with Crippen LogP contribution in [0.2, 0.25) is 0 Å². The first-order valence-corrected chi connectivity index (χ1v) is 6.85. The van der Waals surface area contributed by atoms with Crippen molar-refractivity contribution < 1.29 is 9.13 Å². The SMILES string of the molecule is FCOc1ccc2cc(-n3ccc4ccncc43)ncc2c1. The van der Waals surface area contributed by atoms with Gasteiger partial charge in [0, 0.05) is 29.4 Å². The van der Waals surface area contributed by atoms with Gasteiger partial charge in [-0.15, -0.1) is 0 Å². The molecule has 4 nitrogen and oxygen atoms in total. The monoisotopic (exact) mass is 293 g/mol. The molecular formula is C17H12FN3O. The zero-order chi connectivity index (χ0) is 14.9. The van der Waals surface area contributed by atoms with E-state index in [0.29, 0.717) is 5.75 Å². The van der Waals surface area contributed by atoms with Crippen LogP contribution in [0.25, 0.3) is 27.5 Å². The molecule has 0 atom stereocenters. The number of fused-ring (bicyclic) bond motifs is 2. The molecule has 0 spiro atoms. The van der Waals surface area contributed by atoms with E-state index < -0.39 is 6.86 Å². The Morgan fingerprint density at radius 2 is 1.95 bits per heavy atom. The van der Waals surface area contributed by atoms with Crippen LogP contribution >= 0.6 is 0 Å². The molecular weight excluding hydrogens is 281 g/mol. The number of ether oxygens (including phenoxy) is 1. The fourth-order valence-electron chi connectivity index (χ4n) is 2.57. The molecule has 1 aromatic carbocycles. The number of halogens is 1. The maximum atomic E-state index is 12.2. The van der Waals surface area contributed by atoms with Crippen LogP contribution in [0.1, 0.15) is 0 Å². The lowest BCUT2D eigenvalue weighted by Crippen LogP contribution is -1.96. The predicted octanol–water partition coefficient (Wildman–Crippen LogP) is 3.88. The minimum absolute atomic E-state index is 0.500. The van der Waals surface area contributed by atoms with Crippen molar-refractivity contribution in [2.24, 2.45) is 0 Å². The van der Waals surface area contributed by atoms with E-state index in [9.17, 15) is 4.39 Å². The third-order valence-corrected chi connectivity index (χ3v) is 3.64. The summed E-state index contributed by atoms with van der Waals surface area (Å²) in [4.78, 5) is 8.65. The van der Waals surface area contributed by atoms with Gasteiger partial charge in [-0.1, -0.05) is 6.07 Å². The van der Waals surface area contributed by atoms with Gasteiger partial charge in [-0.05, 0) is 35.7 Å². The smallest absolute Gasteiger partial charge is 0.228 e. The number of hydrogen-bond acceptors (Lipinski definition) is 3. The summed E-state index contributed by atoms with van der Waals surface area (Å²) < 4.78 is 19.1. The standard InChI is InChI=1S/C17H12FN3O/c18-11-22-15-2-1-13-8-17(20-9-14(13)7-15)21-6-4-12-3-5-19-10-16(12)21/h1-10H,11H2. The lowest BCUT2D eigenvalue weighted by Gasteiger charge is -2.07. The molecule has 0 radical (unpaired) electrons. The Kier molecular flexibility index (Phi) is 2.96. The van der Waals surface area contributed by atoms with Crippen LogP contribution in [-0.4, -0.2) is 21.4 Å². The van der Waals surface area contributed by atoms with Gasteiger partial charge in [0.05, 0.1) is 11.7 Å². The van der Waals surface area contributed by atoms with Crippen LogP contribution in [0.4, 0.5) is 4.39 Å². The fraction of sp³-hybridized carbons (Fsp3) is 0.0588. The number of alkyl halides is 1. The molecule has 0 saturated carbocycles. The Hall–Kier alpha value is -2.95. The molecule has 0 unspecified atom stereocenters. The Morgan fingerprint density at radius 3 is 2.86 bits per heavy atom. The molecule has 0 N–H and O–H groups in total. The van der Waals surface area contributed by atoms with E-state index in [2.05, 4.69) is 9.97 Å². The van der Waals surface area contributed by atoms with Crippen molar-refractivity contribution in [3.05, 3.63) is 61.2 Å². The summed E-state index contributed by atoms with van der Waals surface area (Å²) in [6.07, 6.45) is 7.32. The average Bonchev–Trinajstić information content (AvgIpc) is 2.99. The molecule has 4 aromatic rings. The van der Waals surface area contributed by atoms with Crippen LogP contribution in [-0.2, 0) is 0 Å². The number of pyridine rings is 2. The topological polar surface area (TPSA) is 39.9 Å². The highest BCUT2D eigenvalue weighted by Gasteiger charge is 2.06. The van der Waals surface area contributed by atoms with E-state index in [-0.39, 0.29) is 0 Å². The minimum Gasteiger partial charge on any atom is -0.463 e. The molecule has 0 bridgehead atoms. The first-order chi connectivity index (χ1) is 10.8. The maximum Gasteiger partial charge on any atom is 0.228 e. The second kappa shape index (κ2) is 5.11. The number of hydrogen-bond donors (Lipinski definition) is 0. The number of benzene rings is 1. The van der Waals surface area contributed by atoms with E-state index in [1.54, 1.807) is 24.5 Å². The third-order valence-electron chi connectivity index (χ3n) is 3.64. The molecule has 0 aliphatic heterocycles. The molecule has 0 aliphatic carbocycles. The Balaban J connectivity index is 1.84. The molecule has 0 aliphatic rings. The average molecular weight is 293 g/mol. The van der Waals surface area contributed by atoms with Gasteiger partial charge in [0.15, 0.2) is 0 Å². The molecule has 108 valence electrons. The van der Waals surface area contributed by atoms with E-state index in [1.807, 2.05) is 41.2 Å². The van der Waals surface area contributed by atoms with Crippen LogP contribution in [0.3, 0.4) is 0 Å². The van der Waals surface area contributed by atoms with E-state index in [1.165, 1.54) is 0 Å². The second-order valence-corrected chi connectivity index (χ2v) is 4.93. The zero-order valence-corrected chi connectivity index (χ0v) is 11.6. The van der Waals surface area contributed by atoms with Gasteiger partial charge in [-0.3, -0.25) is 9.55 Å². The van der Waals surface area contributed by atoms with Crippen LogP contribution in [0.5, 0.6) is 5.75 Å². The van der Waals surface area contributed by atoms with Gasteiger partial charge in [0.1, 0.15) is 11.6 Å². The quantitative estimate of drug-likeness (QED) is 0.575. The molecule has 0 fully saturated rings. The third kappa shape index (κ3) is 2.07. The summed E-state index contributed by atoms with van der Waals surface area (Å²) in [6.45, 7) is -0.834. The summed E-state index contributed by atoms with van der Waals surface area (Å²) in [5.41, 5.74) is 1.01.